The lowest BCUT2D eigenvalue weighted by Gasteiger charge is -2.12. The van der Waals surface area contributed by atoms with Gasteiger partial charge in [0.2, 0.25) is 0 Å². The first-order valence-corrected chi connectivity index (χ1v) is 5.14. The van der Waals surface area contributed by atoms with Gasteiger partial charge in [-0.2, -0.15) is 4.58 Å². The zero-order chi connectivity index (χ0) is 8.74. The van der Waals surface area contributed by atoms with E-state index in [0.717, 1.165) is 20.0 Å². The van der Waals surface area contributed by atoms with Crippen molar-refractivity contribution in [3.63, 3.8) is 0 Å². The molecule has 11 heavy (non-hydrogen) atoms. The van der Waals surface area contributed by atoms with Crippen LogP contribution in [0.5, 0.6) is 0 Å². The maximum atomic E-state index is 8.75. The molecule has 0 atom stereocenters. The molecule has 0 rings (SSSR count). The third kappa shape index (κ3) is 6.42. The highest BCUT2D eigenvalue weighted by molar-refractivity contribution is 6.49. The van der Waals surface area contributed by atoms with Crippen LogP contribution in [0.3, 0.4) is 0 Å². The van der Waals surface area contributed by atoms with Crippen LogP contribution in [0.2, 0.25) is 0 Å². The minimum atomic E-state index is -3.95. The molecule has 0 aliphatic heterocycles. The molecular formula is C5H14O5Si. The van der Waals surface area contributed by atoms with Crippen molar-refractivity contribution in [2.45, 2.75) is 19.8 Å². The van der Waals surface area contributed by atoms with E-state index in [1.54, 1.807) is 0 Å². The summed E-state index contributed by atoms with van der Waals surface area (Å²) < 4.78 is 8.43. The highest BCUT2D eigenvalue weighted by Gasteiger charge is 2.36. The van der Waals surface area contributed by atoms with Crippen molar-refractivity contribution in [1.82, 2.24) is 0 Å². The normalized spacial score (nSPS) is 12.0. The Morgan fingerprint density at radius 1 is 1.36 bits per heavy atom. The molecule has 0 bridgehead atoms. The van der Waals surface area contributed by atoms with Crippen LogP contribution in [0.25, 0.3) is 0 Å². The Morgan fingerprint density at radius 2 is 2.00 bits per heavy atom. The SMILES string of the molecule is CCCCOO[Si](O)(O)OC. The zero-order valence-corrected chi connectivity index (χ0v) is 7.74. The van der Waals surface area contributed by atoms with E-state index >= 15 is 0 Å². The fourth-order valence-corrected chi connectivity index (χ4v) is 0.661. The van der Waals surface area contributed by atoms with E-state index < -0.39 is 9.05 Å². The van der Waals surface area contributed by atoms with Crippen molar-refractivity contribution in [1.29, 1.82) is 0 Å². The van der Waals surface area contributed by atoms with Crippen LogP contribution in [0.1, 0.15) is 19.8 Å². The van der Waals surface area contributed by atoms with Gasteiger partial charge in [-0.3, -0.25) is 0 Å². The summed E-state index contributed by atoms with van der Waals surface area (Å²) in [5.74, 6) is 0. The van der Waals surface area contributed by atoms with Crippen molar-refractivity contribution >= 4 is 9.05 Å². The minimum absolute atomic E-state index is 0.343. The Morgan fingerprint density at radius 3 is 2.45 bits per heavy atom. The largest absolute Gasteiger partial charge is 0.702 e. The summed E-state index contributed by atoms with van der Waals surface area (Å²) >= 11 is 0. The van der Waals surface area contributed by atoms with Gasteiger partial charge in [0.05, 0.1) is 6.61 Å². The summed E-state index contributed by atoms with van der Waals surface area (Å²) in [6.45, 7) is 2.33. The highest BCUT2D eigenvalue weighted by Crippen LogP contribution is 1.97. The first-order valence-electron chi connectivity index (χ1n) is 3.43. The predicted octanol–water partition coefficient (Wildman–Crippen LogP) is -0.199. The molecule has 2 N–H and O–H groups in total. The number of hydrogen-bond donors (Lipinski definition) is 2. The molecule has 0 aromatic rings. The maximum absolute atomic E-state index is 8.75. The average Bonchev–Trinajstić information content (AvgIpc) is 1.99. The van der Waals surface area contributed by atoms with Gasteiger partial charge in [-0.1, -0.05) is 13.3 Å². The van der Waals surface area contributed by atoms with Gasteiger partial charge in [-0.15, -0.1) is 0 Å². The summed E-state index contributed by atoms with van der Waals surface area (Å²) in [5, 5.41) is 0. The molecule has 0 aliphatic carbocycles. The zero-order valence-electron chi connectivity index (χ0n) is 6.74. The molecule has 0 aliphatic rings. The summed E-state index contributed by atoms with van der Waals surface area (Å²) in [5.41, 5.74) is 0. The summed E-state index contributed by atoms with van der Waals surface area (Å²) in [7, 11) is -2.80. The molecule has 0 fully saturated rings. The van der Waals surface area contributed by atoms with Gasteiger partial charge in [0, 0.05) is 7.11 Å². The standard InChI is InChI=1S/C5H14O5Si/c1-3-4-5-9-10-11(6,7)8-2/h6-7H,3-5H2,1-2H3. The van der Waals surface area contributed by atoms with Crippen molar-refractivity contribution in [3.8, 4) is 0 Å². The van der Waals surface area contributed by atoms with Gasteiger partial charge in [0.1, 0.15) is 0 Å². The molecule has 6 heteroatoms. The third-order valence-electron chi connectivity index (χ3n) is 1.01. The van der Waals surface area contributed by atoms with Crippen molar-refractivity contribution in [2.75, 3.05) is 13.7 Å². The van der Waals surface area contributed by atoms with E-state index in [1.165, 1.54) is 0 Å². The Hall–Kier alpha value is 0.0169. The Bertz CT molecular complexity index is 96.9. The maximum Gasteiger partial charge on any atom is 0.702 e. The molecule has 0 aromatic heterocycles. The predicted molar refractivity (Wildman–Crippen MR) is 39.1 cm³/mol. The van der Waals surface area contributed by atoms with Gasteiger partial charge in [0.25, 0.3) is 0 Å². The van der Waals surface area contributed by atoms with Crippen molar-refractivity contribution in [2.24, 2.45) is 0 Å². The van der Waals surface area contributed by atoms with E-state index in [4.69, 9.17) is 9.59 Å². The van der Waals surface area contributed by atoms with Crippen LogP contribution < -0.4 is 0 Å². The van der Waals surface area contributed by atoms with E-state index in [0.29, 0.717) is 6.61 Å². The van der Waals surface area contributed by atoms with Gasteiger partial charge in [-0.25, -0.2) is 4.89 Å². The van der Waals surface area contributed by atoms with Crippen LogP contribution >= 0.6 is 0 Å². The van der Waals surface area contributed by atoms with Crippen molar-refractivity contribution in [3.05, 3.63) is 0 Å². The van der Waals surface area contributed by atoms with Crippen LogP contribution in [-0.2, 0) is 13.9 Å². The van der Waals surface area contributed by atoms with E-state index in [2.05, 4.69) is 13.9 Å². The summed E-state index contributed by atoms with van der Waals surface area (Å²) in [6.07, 6.45) is 1.77. The first kappa shape index (κ1) is 11.0. The lowest BCUT2D eigenvalue weighted by molar-refractivity contribution is -0.264. The van der Waals surface area contributed by atoms with Gasteiger partial charge >= 0.3 is 9.05 Å². The molecular weight excluding hydrogens is 168 g/mol. The number of unbranched alkanes of at least 4 members (excludes halogenated alkanes) is 1. The Kier molecular flexibility index (Phi) is 5.65. The molecule has 0 radical (unpaired) electrons. The number of rotatable bonds is 6. The van der Waals surface area contributed by atoms with E-state index in [-0.39, 0.29) is 0 Å². The smallest absolute Gasteiger partial charge is 0.366 e. The molecule has 0 heterocycles. The Labute approximate surface area is 66.9 Å². The average molecular weight is 182 g/mol. The molecule has 0 saturated heterocycles. The first-order chi connectivity index (χ1) is 5.12. The fraction of sp³-hybridized carbons (Fsp3) is 1.00. The van der Waals surface area contributed by atoms with Crippen LogP contribution in [0, 0.1) is 0 Å². The van der Waals surface area contributed by atoms with E-state index in [9.17, 15) is 0 Å². The molecule has 0 saturated carbocycles. The highest BCUT2D eigenvalue weighted by atomic mass is 28.4. The second kappa shape index (κ2) is 5.64. The summed E-state index contributed by atoms with van der Waals surface area (Å²) in [6, 6.07) is 0. The molecule has 68 valence electrons. The van der Waals surface area contributed by atoms with Crippen LogP contribution in [0.15, 0.2) is 0 Å². The number of hydrogen-bond acceptors (Lipinski definition) is 5. The van der Waals surface area contributed by atoms with Gasteiger partial charge < -0.3 is 14.0 Å². The molecule has 0 unspecified atom stereocenters. The van der Waals surface area contributed by atoms with E-state index in [1.807, 2.05) is 6.92 Å². The minimum Gasteiger partial charge on any atom is -0.366 e. The lowest BCUT2D eigenvalue weighted by atomic mass is 10.4. The van der Waals surface area contributed by atoms with Crippen LogP contribution in [0.4, 0.5) is 0 Å². The topological polar surface area (TPSA) is 68.2 Å². The molecule has 0 aromatic carbocycles. The molecule has 5 nitrogen and oxygen atoms in total. The second-order valence-electron chi connectivity index (χ2n) is 2.01. The third-order valence-corrected chi connectivity index (χ3v) is 1.88. The molecule has 0 amide bonds. The van der Waals surface area contributed by atoms with Crippen LogP contribution in [-0.4, -0.2) is 32.4 Å². The molecule has 0 spiro atoms. The van der Waals surface area contributed by atoms with Gasteiger partial charge in [0.15, 0.2) is 0 Å². The quantitative estimate of drug-likeness (QED) is 0.258. The monoisotopic (exact) mass is 182 g/mol. The van der Waals surface area contributed by atoms with Crippen molar-refractivity contribution < 1.29 is 23.5 Å². The lowest BCUT2D eigenvalue weighted by Crippen LogP contribution is -2.41. The van der Waals surface area contributed by atoms with Gasteiger partial charge in [-0.05, 0) is 6.42 Å². The summed E-state index contributed by atoms with van der Waals surface area (Å²) in [4.78, 5) is 22.0. The second-order valence-corrected chi connectivity index (χ2v) is 3.68. The Balaban J connectivity index is 3.23. The fourth-order valence-electron chi connectivity index (χ4n) is 0.356.